The highest BCUT2D eigenvalue weighted by atomic mass is 35.5. The largest absolute Gasteiger partial charge is 0.489 e. The predicted octanol–water partition coefficient (Wildman–Crippen LogP) is 2.43. The summed E-state index contributed by atoms with van der Waals surface area (Å²) in [6, 6.07) is 11.3. The Morgan fingerprint density at radius 3 is 2.83 bits per heavy atom. The average molecular weight is 514 g/mol. The molecule has 2 aromatic carbocycles. The van der Waals surface area contributed by atoms with Gasteiger partial charge in [-0.3, -0.25) is 4.79 Å². The van der Waals surface area contributed by atoms with E-state index in [-0.39, 0.29) is 34.5 Å². The minimum absolute atomic E-state index is 0.00394. The van der Waals surface area contributed by atoms with Gasteiger partial charge in [-0.25, -0.2) is 14.4 Å². The van der Waals surface area contributed by atoms with Gasteiger partial charge in [-0.05, 0) is 54.2 Å². The highest BCUT2D eigenvalue weighted by Gasteiger charge is 2.24. The number of carbonyl (C=O) groups is 1. The zero-order valence-electron chi connectivity index (χ0n) is 19.2. The third-order valence-corrected chi connectivity index (χ3v) is 5.18. The Labute approximate surface area is 209 Å². The molecule has 36 heavy (non-hydrogen) atoms. The summed E-state index contributed by atoms with van der Waals surface area (Å²) in [6.07, 6.45) is 1.43. The maximum Gasteiger partial charge on any atom is 0.293 e. The van der Waals surface area contributed by atoms with E-state index in [0.29, 0.717) is 23.6 Å². The van der Waals surface area contributed by atoms with E-state index in [1.54, 1.807) is 30.3 Å². The van der Waals surface area contributed by atoms with Crippen LogP contribution in [0.3, 0.4) is 0 Å². The number of rotatable bonds is 9. The smallest absolute Gasteiger partial charge is 0.293 e. The van der Waals surface area contributed by atoms with Crippen molar-refractivity contribution in [3.8, 4) is 11.6 Å². The van der Waals surface area contributed by atoms with Crippen molar-refractivity contribution in [3.05, 3.63) is 75.8 Å². The van der Waals surface area contributed by atoms with Crippen LogP contribution in [0.2, 0.25) is 5.02 Å². The molecule has 0 atom stereocenters. The third kappa shape index (κ3) is 5.64. The van der Waals surface area contributed by atoms with Crippen LogP contribution >= 0.6 is 11.6 Å². The van der Waals surface area contributed by atoms with Crippen LogP contribution < -0.4 is 15.9 Å². The van der Waals surface area contributed by atoms with Gasteiger partial charge in [0.15, 0.2) is 5.69 Å². The van der Waals surface area contributed by atoms with Gasteiger partial charge in [0.2, 0.25) is 11.6 Å². The standard InChI is InChI=1S/C22H21ClFN9O3/c1-32(2)11-18-19(27-31-33(18)21-20(25)29-36-30-21)22(34)28-26-10-13-5-3-6-14(9-13)35-12-15-16(23)7-4-8-17(15)24/h3-10H,11-12H2,1-2H3,(H2,25,29)(H,28,34)/b26-10-. The highest BCUT2D eigenvalue weighted by Crippen LogP contribution is 2.22. The lowest BCUT2D eigenvalue weighted by atomic mass is 10.2. The second-order valence-electron chi connectivity index (χ2n) is 7.77. The molecule has 0 spiro atoms. The van der Waals surface area contributed by atoms with Crippen LogP contribution in [0, 0.1) is 5.82 Å². The Balaban J connectivity index is 1.45. The summed E-state index contributed by atoms with van der Waals surface area (Å²) in [5.74, 6) is -0.443. The lowest BCUT2D eigenvalue weighted by molar-refractivity contribution is 0.0948. The zero-order valence-corrected chi connectivity index (χ0v) is 20.0. The first-order valence-corrected chi connectivity index (χ1v) is 10.9. The fourth-order valence-corrected chi connectivity index (χ4v) is 3.37. The Hall–Kier alpha value is -4.36. The summed E-state index contributed by atoms with van der Waals surface area (Å²) < 4.78 is 25.5. The van der Waals surface area contributed by atoms with Gasteiger partial charge in [-0.2, -0.15) is 9.78 Å². The molecule has 0 radical (unpaired) electrons. The number of nitrogens with zero attached hydrogens (tertiary/aromatic N) is 7. The summed E-state index contributed by atoms with van der Waals surface area (Å²) in [6.45, 7) is 0.260. The van der Waals surface area contributed by atoms with Crippen molar-refractivity contribution < 1.29 is 18.6 Å². The van der Waals surface area contributed by atoms with E-state index in [4.69, 9.17) is 22.1 Å². The Morgan fingerprint density at radius 2 is 2.11 bits per heavy atom. The maximum absolute atomic E-state index is 14.0. The van der Waals surface area contributed by atoms with Gasteiger partial charge >= 0.3 is 0 Å². The van der Waals surface area contributed by atoms with Crippen molar-refractivity contribution in [2.45, 2.75) is 13.2 Å². The van der Waals surface area contributed by atoms with E-state index < -0.39 is 11.7 Å². The Bertz CT molecular complexity index is 1380. The molecule has 0 aliphatic rings. The maximum atomic E-state index is 14.0. The summed E-state index contributed by atoms with van der Waals surface area (Å²) in [4.78, 5) is 14.6. The van der Waals surface area contributed by atoms with Crippen molar-refractivity contribution in [1.29, 1.82) is 0 Å². The lowest BCUT2D eigenvalue weighted by Crippen LogP contribution is -2.23. The van der Waals surface area contributed by atoms with E-state index in [1.165, 1.54) is 23.0 Å². The molecule has 0 bridgehead atoms. The van der Waals surface area contributed by atoms with Crippen molar-refractivity contribution in [2.75, 3.05) is 19.8 Å². The number of nitrogens with two attached hydrogens (primary N) is 1. The van der Waals surface area contributed by atoms with Crippen LogP contribution in [0.25, 0.3) is 5.82 Å². The number of nitrogens with one attached hydrogen (secondary N) is 1. The first kappa shape index (κ1) is 24.8. The molecular formula is C22H21ClFN9O3. The number of nitrogen functional groups attached to an aromatic ring is 1. The Kier molecular flexibility index (Phi) is 7.51. The molecule has 2 aromatic heterocycles. The number of hydrogen-bond acceptors (Lipinski definition) is 10. The van der Waals surface area contributed by atoms with Crippen LogP contribution in [0.5, 0.6) is 5.75 Å². The quantitative estimate of drug-likeness (QED) is 0.254. The number of aromatic nitrogens is 5. The molecule has 12 nitrogen and oxygen atoms in total. The summed E-state index contributed by atoms with van der Waals surface area (Å²) in [7, 11) is 3.63. The molecule has 4 rings (SSSR count). The molecule has 0 saturated carbocycles. The van der Waals surface area contributed by atoms with Crippen molar-refractivity contribution >= 4 is 29.5 Å². The SMILES string of the molecule is CN(C)Cc1c(C(=O)N/N=C\c2cccc(OCc3c(F)cccc3Cl)c2)nnn1-c1nonc1N. The average Bonchev–Trinajstić information content (AvgIpc) is 3.44. The second kappa shape index (κ2) is 10.9. The number of anilines is 1. The van der Waals surface area contributed by atoms with E-state index in [0.717, 1.165) is 0 Å². The van der Waals surface area contributed by atoms with Gasteiger partial charge in [0, 0.05) is 12.1 Å². The summed E-state index contributed by atoms with van der Waals surface area (Å²) in [5, 5.41) is 19.4. The monoisotopic (exact) mass is 513 g/mol. The number of ether oxygens (including phenoxy) is 1. The number of hydrogen-bond donors (Lipinski definition) is 2. The van der Waals surface area contributed by atoms with Crippen LogP contribution in [-0.4, -0.2) is 56.4 Å². The predicted molar refractivity (Wildman–Crippen MR) is 128 cm³/mol. The molecule has 1 amide bonds. The number of benzene rings is 2. The molecular weight excluding hydrogens is 493 g/mol. The van der Waals surface area contributed by atoms with Gasteiger partial charge in [0.1, 0.15) is 18.2 Å². The molecule has 4 aromatic rings. The van der Waals surface area contributed by atoms with Crippen LogP contribution in [0.4, 0.5) is 10.2 Å². The molecule has 0 unspecified atom stereocenters. The first-order chi connectivity index (χ1) is 17.3. The van der Waals surface area contributed by atoms with Gasteiger partial charge in [0.25, 0.3) is 5.91 Å². The van der Waals surface area contributed by atoms with Gasteiger partial charge < -0.3 is 15.4 Å². The van der Waals surface area contributed by atoms with E-state index in [9.17, 15) is 9.18 Å². The Morgan fingerprint density at radius 1 is 1.31 bits per heavy atom. The van der Waals surface area contributed by atoms with Gasteiger partial charge in [-0.15, -0.1) is 5.10 Å². The normalized spacial score (nSPS) is 11.4. The zero-order chi connectivity index (χ0) is 25.7. The van der Waals surface area contributed by atoms with Crippen LogP contribution in [0.1, 0.15) is 27.3 Å². The lowest BCUT2D eigenvalue weighted by Gasteiger charge is -2.11. The fourth-order valence-electron chi connectivity index (χ4n) is 3.16. The molecule has 0 fully saturated rings. The number of carbonyl (C=O) groups excluding carboxylic acids is 1. The second-order valence-corrected chi connectivity index (χ2v) is 8.18. The minimum atomic E-state index is -0.592. The number of halogens is 2. The molecule has 2 heterocycles. The van der Waals surface area contributed by atoms with E-state index in [2.05, 4.69) is 35.8 Å². The molecule has 0 aliphatic heterocycles. The number of hydrazone groups is 1. The summed E-state index contributed by atoms with van der Waals surface area (Å²) >= 11 is 6.04. The van der Waals surface area contributed by atoms with E-state index in [1.807, 2.05) is 19.0 Å². The number of amides is 1. The van der Waals surface area contributed by atoms with Crippen LogP contribution in [-0.2, 0) is 13.2 Å². The topological polar surface area (TPSA) is 150 Å². The van der Waals surface area contributed by atoms with Gasteiger partial charge in [-0.1, -0.05) is 35.0 Å². The highest BCUT2D eigenvalue weighted by molar-refractivity contribution is 6.31. The van der Waals surface area contributed by atoms with Crippen LogP contribution in [0.15, 0.2) is 52.2 Å². The molecule has 3 N–H and O–H groups in total. The third-order valence-electron chi connectivity index (χ3n) is 4.82. The first-order valence-electron chi connectivity index (χ1n) is 10.5. The fraction of sp³-hybridized carbons (Fsp3) is 0.182. The van der Waals surface area contributed by atoms with E-state index >= 15 is 0 Å². The summed E-state index contributed by atoms with van der Waals surface area (Å²) in [5.41, 5.74) is 9.51. The minimum Gasteiger partial charge on any atom is -0.489 e. The molecule has 0 saturated heterocycles. The molecule has 186 valence electrons. The molecule has 0 aliphatic carbocycles. The molecule has 14 heteroatoms. The van der Waals surface area contributed by atoms with Crippen molar-refractivity contribution in [1.82, 2.24) is 35.6 Å². The van der Waals surface area contributed by atoms with Gasteiger partial charge in [0.05, 0.1) is 16.9 Å². The van der Waals surface area contributed by atoms with Crippen molar-refractivity contribution in [3.63, 3.8) is 0 Å². The van der Waals surface area contributed by atoms with Crippen molar-refractivity contribution in [2.24, 2.45) is 5.10 Å².